The largest absolute Gasteiger partial charge is 0.325 e. The zero-order valence-electron chi connectivity index (χ0n) is 19.2. The van der Waals surface area contributed by atoms with Crippen molar-refractivity contribution >= 4 is 17.7 Å². The smallest absolute Gasteiger partial charge is 0.323 e. The molecular weight excluding hydrogens is 402 g/mol. The Labute approximate surface area is 189 Å². The number of nitrogens with one attached hydrogen (secondary N) is 1. The highest BCUT2D eigenvalue weighted by atomic mass is 16.2. The average molecular weight is 434 g/mol. The van der Waals surface area contributed by atoms with Gasteiger partial charge in [0.05, 0.1) is 6.54 Å². The minimum Gasteiger partial charge on any atom is -0.323 e. The summed E-state index contributed by atoms with van der Waals surface area (Å²) in [7, 11) is 0. The van der Waals surface area contributed by atoms with Crippen LogP contribution in [0.15, 0.2) is 24.3 Å². The van der Waals surface area contributed by atoms with Gasteiger partial charge in [-0.15, -0.1) is 0 Å². The highest BCUT2D eigenvalue weighted by molar-refractivity contribution is 6.11. The normalized spacial score (nSPS) is 24.8. The number of ketones is 1. The number of urea groups is 1. The van der Waals surface area contributed by atoms with Gasteiger partial charge in [-0.2, -0.15) is 0 Å². The molecule has 0 radical (unpaired) electrons. The number of aryl methyl sites for hydroxylation is 3. The fourth-order valence-corrected chi connectivity index (χ4v) is 6.01. The zero-order valence-corrected chi connectivity index (χ0v) is 19.2. The van der Waals surface area contributed by atoms with E-state index in [1.165, 1.54) is 17.5 Å². The number of amides is 3. The molecule has 1 aliphatic heterocycles. The van der Waals surface area contributed by atoms with Crippen LogP contribution in [0, 0.1) is 19.8 Å². The van der Waals surface area contributed by atoms with Gasteiger partial charge in [-0.1, -0.05) is 25.8 Å². The maximum absolute atomic E-state index is 13.3. The lowest BCUT2D eigenvalue weighted by molar-refractivity contribution is -0.133. The topological polar surface area (TPSA) is 71.4 Å². The van der Waals surface area contributed by atoms with Gasteiger partial charge >= 0.3 is 6.03 Å². The Balaban J connectivity index is 1.40. The second-order valence-corrected chi connectivity index (χ2v) is 9.79. The van der Waals surface area contributed by atoms with Crippen LogP contribution in [0.5, 0.6) is 0 Å². The van der Waals surface area contributed by atoms with Crippen molar-refractivity contribution in [3.8, 4) is 5.69 Å². The first kappa shape index (κ1) is 21.0. The van der Waals surface area contributed by atoms with Crippen molar-refractivity contribution in [2.45, 2.75) is 71.3 Å². The molecule has 1 aromatic heterocycles. The van der Waals surface area contributed by atoms with E-state index in [1.807, 2.05) is 26.8 Å². The Morgan fingerprint density at radius 2 is 1.88 bits per heavy atom. The summed E-state index contributed by atoms with van der Waals surface area (Å²) in [6, 6.07) is 7.97. The van der Waals surface area contributed by atoms with E-state index in [0.29, 0.717) is 12.0 Å². The number of imide groups is 1. The Kier molecular flexibility index (Phi) is 4.99. The van der Waals surface area contributed by atoms with Crippen molar-refractivity contribution in [1.29, 1.82) is 0 Å². The van der Waals surface area contributed by atoms with Crippen LogP contribution in [-0.2, 0) is 17.6 Å². The molecule has 2 atom stereocenters. The molecule has 2 aliphatic carbocycles. The average Bonchev–Trinajstić information content (AvgIpc) is 3.41. The number of carbonyl (C=O) groups excluding carboxylic acids is 3. The third-order valence-electron chi connectivity index (χ3n) is 7.87. The fraction of sp³-hybridized carbons (Fsp3) is 0.500. The molecule has 6 nitrogen and oxygen atoms in total. The van der Waals surface area contributed by atoms with Gasteiger partial charge in [0.25, 0.3) is 5.91 Å². The van der Waals surface area contributed by atoms with Gasteiger partial charge in [0.1, 0.15) is 5.54 Å². The van der Waals surface area contributed by atoms with Crippen LogP contribution in [0.2, 0.25) is 0 Å². The second kappa shape index (κ2) is 7.61. The Hall–Kier alpha value is -2.89. The maximum Gasteiger partial charge on any atom is 0.325 e. The van der Waals surface area contributed by atoms with Crippen LogP contribution in [0.4, 0.5) is 4.79 Å². The van der Waals surface area contributed by atoms with Crippen molar-refractivity contribution in [3.63, 3.8) is 0 Å². The quantitative estimate of drug-likeness (QED) is 0.578. The van der Waals surface area contributed by atoms with Crippen LogP contribution >= 0.6 is 0 Å². The molecule has 1 aromatic carbocycles. The van der Waals surface area contributed by atoms with Gasteiger partial charge in [0.2, 0.25) is 0 Å². The van der Waals surface area contributed by atoms with Gasteiger partial charge in [-0.05, 0) is 81.2 Å². The van der Waals surface area contributed by atoms with Crippen LogP contribution in [0.1, 0.15) is 71.9 Å². The van der Waals surface area contributed by atoms with Crippen molar-refractivity contribution < 1.29 is 14.4 Å². The van der Waals surface area contributed by atoms with E-state index in [9.17, 15) is 14.4 Å². The first-order chi connectivity index (χ1) is 15.3. The number of benzene rings is 1. The molecule has 3 amide bonds. The molecule has 2 heterocycles. The summed E-state index contributed by atoms with van der Waals surface area (Å²) >= 11 is 0. The van der Waals surface area contributed by atoms with Crippen molar-refractivity contribution in [1.82, 2.24) is 14.8 Å². The van der Waals surface area contributed by atoms with E-state index in [4.69, 9.17) is 0 Å². The molecule has 5 rings (SSSR count). The summed E-state index contributed by atoms with van der Waals surface area (Å²) in [5, 5.41) is 2.94. The van der Waals surface area contributed by atoms with Gasteiger partial charge in [0, 0.05) is 22.6 Å². The highest BCUT2D eigenvalue weighted by Gasteiger charge is 2.55. The first-order valence-electron chi connectivity index (χ1n) is 11.8. The minimum atomic E-state index is -0.836. The molecule has 2 fully saturated rings. The van der Waals surface area contributed by atoms with Gasteiger partial charge in [-0.3, -0.25) is 14.5 Å². The molecule has 1 N–H and O–H groups in total. The van der Waals surface area contributed by atoms with Crippen molar-refractivity contribution in [3.05, 3.63) is 52.3 Å². The summed E-state index contributed by atoms with van der Waals surface area (Å²) in [5.41, 5.74) is 5.41. The summed E-state index contributed by atoms with van der Waals surface area (Å²) < 4.78 is 2.10. The minimum absolute atomic E-state index is 0.0812. The monoisotopic (exact) mass is 433 g/mol. The van der Waals surface area contributed by atoms with Gasteiger partial charge < -0.3 is 9.88 Å². The number of aromatic nitrogens is 1. The first-order valence-corrected chi connectivity index (χ1v) is 11.8. The number of rotatable bonds is 4. The number of hydrogen-bond donors (Lipinski definition) is 1. The SMILES string of the molecule is Cc1cc(C(=O)CN2C(=O)NC3(CCCCC3C)C2=O)c(C)n1-c1ccc2c(c1)CCC2. The van der Waals surface area contributed by atoms with Crippen molar-refractivity contribution in [2.24, 2.45) is 5.92 Å². The van der Waals surface area contributed by atoms with E-state index in [0.717, 1.165) is 54.1 Å². The van der Waals surface area contributed by atoms with Crippen LogP contribution in [0.3, 0.4) is 0 Å². The molecule has 6 heteroatoms. The summed E-state index contributed by atoms with van der Waals surface area (Å²) in [6.45, 7) is 5.73. The fourth-order valence-electron chi connectivity index (χ4n) is 6.01. The third kappa shape index (κ3) is 3.11. The van der Waals surface area contributed by atoms with E-state index >= 15 is 0 Å². The molecule has 2 unspecified atom stereocenters. The molecule has 32 heavy (non-hydrogen) atoms. The number of carbonyl (C=O) groups is 3. The standard InChI is InChI=1S/C26H31N3O3/c1-16-7-4-5-12-26(16)24(31)28(25(32)27-26)15-23(30)22-13-17(2)29(18(22)3)21-11-10-19-8-6-9-20(19)14-21/h10-11,13-14,16H,4-9,12,15H2,1-3H3,(H,27,32). The number of hydrogen-bond acceptors (Lipinski definition) is 3. The molecule has 3 aliphatic rings. The summed E-state index contributed by atoms with van der Waals surface area (Å²) in [4.78, 5) is 40.3. The zero-order chi connectivity index (χ0) is 22.6. The molecular formula is C26H31N3O3. The van der Waals surface area contributed by atoms with E-state index in [1.54, 1.807) is 0 Å². The van der Waals surface area contributed by atoms with Crippen molar-refractivity contribution in [2.75, 3.05) is 6.54 Å². The molecule has 1 saturated heterocycles. The predicted octanol–water partition coefficient (Wildman–Crippen LogP) is 4.27. The van der Waals surface area contributed by atoms with Crippen LogP contribution < -0.4 is 5.32 Å². The lowest BCUT2D eigenvalue weighted by Gasteiger charge is -2.36. The van der Waals surface area contributed by atoms with E-state index in [2.05, 4.69) is 28.1 Å². The van der Waals surface area contributed by atoms with Gasteiger partial charge in [-0.25, -0.2) is 4.79 Å². The second-order valence-electron chi connectivity index (χ2n) is 9.79. The predicted molar refractivity (Wildman–Crippen MR) is 122 cm³/mol. The van der Waals surface area contributed by atoms with E-state index in [-0.39, 0.29) is 24.2 Å². The summed E-state index contributed by atoms with van der Waals surface area (Å²) in [6.07, 6.45) is 6.97. The molecule has 2 aromatic rings. The molecule has 1 spiro atoms. The third-order valence-corrected chi connectivity index (χ3v) is 7.87. The Bertz CT molecular complexity index is 1130. The summed E-state index contributed by atoms with van der Waals surface area (Å²) in [5.74, 6) is -0.359. The lowest BCUT2D eigenvalue weighted by atomic mass is 9.73. The lowest BCUT2D eigenvalue weighted by Crippen LogP contribution is -2.54. The highest BCUT2D eigenvalue weighted by Crippen LogP contribution is 2.38. The van der Waals surface area contributed by atoms with Gasteiger partial charge in [0.15, 0.2) is 5.78 Å². The number of fused-ring (bicyclic) bond motifs is 1. The van der Waals surface area contributed by atoms with Crippen LogP contribution in [0.25, 0.3) is 5.69 Å². The number of Topliss-reactive ketones (excluding diaryl/α,β-unsaturated/α-hetero) is 1. The Morgan fingerprint density at radius 3 is 2.66 bits per heavy atom. The molecule has 0 bridgehead atoms. The maximum atomic E-state index is 13.3. The molecule has 168 valence electrons. The Morgan fingerprint density at radius 1 is 1.09 bits per heavy atom. The van der Waals surface area contributed by atoms with E-state index < -0.39 is 11.6 Å². The van der Waals surface area contributed by atoms with Crippen LogP contribution in [-0.4, -0.2) is 39.3 Å². The number of nitrogens with zero attached hydrogens (tertiary/aromatic N) is 2. The molecule has 1 saturated carbocycles.